The number of amides is 1. The van der Waals surface area contributed by atoms with Crippen molar-refractivity contribution in [3.05, 3.63) is 59.8 Å². The average Bonchev–Trinajstić information content (AvgIpc) is 3.49. The van der Waals surface area contributed by atoms with Crippen LogP contribution in [0.15, 0.2) is 53.4 Å². The van der Waals surface area contributed by atoms with Gasteiger partial charge in [-0.05, 0) is 56.2 Å². The van der Waals surface area contributed by atoms with Crippen LogP contribution in [0, 0.1) is 6.92 Å². The minimum absolute atomic E-state index is 0.0695. The number of hydrogen-bond donors (Lipinski definition) is 1. The molecular formula is C23H23N5O4S2. The van der Waals surface area contributed by atoms with E-state index >= 15 is 0 Å². The molecule has 0 bridgehead atoms. The monoisotopic (exact) mass is 497 g/mol. The Balaban J connectivity index is 1.39. The first-order chi connectivity index (χ1) is 16.3. The lowest BCUT2D eigenvalue weighted by Gasteiger charge is -2.16. The van der Waals surface area contributed by atoms with E-state index in [2.05, 4.69) is 15.4 Å². The molecule has 0 spiro atoms. The van der Waals surface area contributed by atoms with E-state index in [1.165, 1.54) is 39.9 Å². The van der Waals surface area contributed by atoms with Crippen molar-refractivity contribution in [2.75, 3.05) is 19.5 Å². The minimum atomic E-state index is -3.56. The zero-order valence-electron chi connectivity index (χ0n) is 18.8. The summed E-state index contributed by atoms with van der Waals surface area (Å²) < 4.78 is 34.6. The number of nitrogens with one attached hydrogen (secondary N) is 1. The normalized spacial score (nSPS) is 14.0. The summed E-state index contributed by atoms with van der Waals surface area (Å²) in [5.41, 5.74) is 1.84. The Bertz CT molecular complexity index is 1490. The number of rotatable bonds is 7. The van der Waals surface area contributed by atoms with Crippen LogP contribution in [0.3, 0.4) is 0 Å². The number of sulfonamides is 1. The fourth-order valence-corrected chi connectivity index (χ4v) is 5.94. The summed E-state index contributed by atoms with van der Waals surface area (Å²) in [6, 6.07) is 13.4. The molecule has 9 nitrogen and oxygen atoms in total. The number of aromatic nitrogens is 3. The van der Waals surface area contributed by atoms with Crippen LogP contribution in [-0.4, -0.2) is 53.6 Å². The maximum Gasteiger partial charge on any atom is 0.256 e. The second-order valence-electron chi connectivity index (χ2n) is 8.14. The molecular weight excluding hydrogens is 474 g/mol. The summed E-state index contributed by atoms with van der Waals surface area (Å²) in [4.78, 5) is 17.7. The largest absolute Gasteiger partial charge is 0.497 e. The van der Waals surface area contributed by atoms with Crippen LogP contribution >= 0.6 is 11.3 Å². The molecule has 176 valence electrons. The quantitative estimate of drug-likeness (QED) is 0.416. The lowest BCUT2D eigenvalue weighted by molar-refractivity contribution is 0.102. The van der Waals surface area contributed by atoms with E-state index in [-0.39, 0.29) is 16.8 Å². The summed E-state index contributed by atoms with van der Waals surface area (Å²) in [6.45, 7) is 1.83. The third-order valence-electron chi connectivity index (χ3n) is 5.69. The SMILES string of the molecule is COc1ccc2sc(-n3nc(C)cc3NC(=O)c3ccc(S(=O)(=O)N(C)C4CC4)cc3)nc2c1. The topological polar surface area (TPSA) is 106 Å². The highest BCUT2D eigenvalue weighted by Gasteiger charge is 2.35. The lowest BCUT2D eigenvalue weighted by Crippen LogP contribution is -2.29. The standard InChI is InChI=1S/C23H23N5O4S2/c1-14-12-21(28(26-14)23-24-19-13-17(32-3)8-11-20(19)33-23)25-22(29)15-4-9-18(10-5-15)34(30,31)27(2)16-6-7-16/h4-5,8-13,16H,6-7H2,1-3H3,(H,25,29). The molecule has 5 rings (SSSR count). The van der Waals surface area contributed by atoms with Crippen LogP contribution in [-0.2, 0) is 10.0 Å². The summed E-state index contributed by atoms with van der Waals surface area (Å²) in [7, 11) is -0.367. The number of thiazole rings is 1. The first-order valence-electron chi connectivity index (χ1n) is 10.7. The van der Waals surface area contributed by atoms with Gasteiger partial charge in [0, 0.05) is 30.8 Å². The van der Waals surface area contributed by atoms with Crippen LogP contribution in [0.2, 0.25) is 0 Å². The van der Waals surface area contributed by atoms with E-state index in [1.54, 1.807) is 24.9 Å². The summed E-state index contributed by atoms with van der Waals surface area (Å²) in [6.07, 6.45) is 1.76. The number of anilines is 1. The van der Waals surface area contributed by atoms with Gasteiger partial charge in [0.05, 0.1) is 27.9 Å². The molecule has 1 aliphatic rings. The molecule has 4 aromatic rings. The van der Waals surface area contributed by atoms with Crippen molar-refractivity contribution in [3.8, 4) is 10.9 Å². The molecule has 1 aliphatic carbocycles. The molecule has 0 aliphatic heterocycles. The predicted molar refractivity (Wildman–Crippen MR) is 130 cm³/mol. The number of benzene rings is 2. The Morgan fingerprint density at radius 3 is 2.59 bits per heavy atom. The smallest absolute Gasteiger partial charge is 0.256 e. The molecule has 34 heavy (non-hydrogen) atoms. The van der Waals surface area contributed by atoms with Crippen molar-refractivity contribution in [3.63, 3.8) is 0 Å². The number of hydrogen-bond acceptors (Lipinski definition) is 7. The van der Waals surface area contributed by atoms with Gasteiger partial charge >= 0.3 is 0 Å². The molecule has 1 saturated carbocycles. The molecule has 0 unspecified atom stereocenters. The van der Waals surface area contributed by atoms with Crippen LogP contribution in [0.5, 0.6) is 5.75 Å². The van der Waals surface area contributed by atoms with Crippen molar-refractivity contribution < 1.29 is 17.9 Å². The van der Waals surface area contributed by atoms with Gasteiger partial charge < -0.3 is 10.1 Å². The maximum atomic E-state index is 12.9. The van der Waals surface area contributed by atoms with E-state index in [1.807, 2.05) is 25.1 Å². The summed E-state index contributed by atoms with van der Waals surface area (Å²) in [5.74, 6) is 0.811. The Morgan fingerprint density at radius 1 is 1.18 bits per heavy atom. The fraction of sp³-hybridized carbons (Fsp3) is 0.261. The second kappa shape index (κ2) is 8.49. The highest BCUT2D eigenvalue weighted by molar-refractivity contribution is 7.89. The van der Waals surface area contributed by atoms with E-state index in [0.717, 1.165) is 28.8 Å². The number of aryl methyl sites for hydroxylation is 1. The fourth-order valence-electron chi connectivity index (χ4n) is 3.61. The number of nitrogens with zero attached hydrogens (tertiary/aromatic N) is 4. The number of methoxy groups -OCH3 is 1. The van der Waals surface area contributed by atoms with Crippen molar-refractivity contribution in [2.24, 2.45) is 0 Å². The van der Waals surface area contributed by atoms with Crippen LogP contribution in [0.1, 0.15) is 28.9 Å². The van der Waals surface area contributed by atoms with E-state index in [0.29, 0.717) is 22.3 Å². The van der Waals surface area contributed by atoms with Crippen LogP contribution in [0.25, 0.3) is 15.3 Å². The van der Waals surface area contributed by atoms with Gasteiger partial charge in [-0.25, -0.2) is 13.4 Å². The van der Waals surface area contributed by atoms with Gasteiger partial charge in [0.1, 0.15) is 11.6 Å². The number of fused-ring (bicyclic) bond motifs is 1. The van der Waals surface area contributed by atoms with Crippen molar-refractivity contribution in [1.29, 1.82) is 0 Å². The van der Waals surface area contributed by atoms with Gasteiger partial charge in [0.2, 0.25) is 15.2 Å². The lowest BCUT2D eigenvalue weighted by atomic mass is 10.2. The van der Waals surface area contributed by atoms with Gasteiger partial charge in [-0.2, -0.15) is 14.1 Å². The van der Waals surface area contributed by atoms with Crippen LogP contribution in [0.4, 0.5) is 5.82 Å². The maximum absolute atomic E-state index is 12.9. The minimum Gasteiger partial charge on any atom is -0.497 e. The summed E-state index contributed by atoms with van der Waals surface area (Å²) >= 11 is 1.45. The van der Waals surface area contributed by atoms with Crippen molar-refractivity contribution >= 4 is 43.3 Å². The third kappa shape index (κ3) is 4.17. The number of ether oxygens (including phenoxy) is 1. The van der Waals surface area contributed by atoms with Crippen molar-refractivity contribution in [2.45, 2.75) is 30.7 Å². The zero-order chi connectivity index (χ0) is 24.0. The van der Waals surface area contributed by atoms with Gasteiger partial charge in [-0.3, -0.25) is 4.79 Å². The molecule has 2 aromatic carbocycles. The van der Waals surface area contributed by atoms with E-state index < -0.39 is 10.0 Å². The molecule has 0 radical (unpaired) electrons. The number of carbonyl (C=O) groups is 1. The molecule has 2 aromatic heterocycles. The third-order valence-corrected chi connectivity index (χ3v) is 8.63. The van der Waals surface area contributed by atoms with Crippen molar-refractivity contribution in [1.82, 2.24) is 19.1 Å². The predicted octanol–water partition coefficient (Wildman–Crippen LogP) is 3.83. The number of carbonyl (C=O) groups excluding carboxylic acids is 1. The summed E-state index contributed by atoms with van der Waals surface area (Å²) in [5, 5.41) is 7.96. The molecule has 1 N–H and O–H groups in total. The highest BCUT2D eigenvalue weighted by Crippen LogP contribution is 2.31. The second-order valence-corrected chi connectivity index (χ2v) is 11.2. The Hall–Kier alpha value is -3.28. The van der Waals surface area contributed by atoms with Gasteiger partial charge in [0.15, 0.2) is 0 Å². The van der Waals surface area contributed by atoms with Gasteiger partial charge in [-0.1, -0.05) is 11.3 Å². The van der Waals surface area contributed by atoms with Gasteiger partial charge in [0.25, 0.3) is 5.91 Å². The molecule has 1 fully saturated rings. The first kappa shape index (κ1) is 22.5. The zero-order valence-corrected chi connectivity index (χ0v) is 20.5. The molecule has 0 saturated heterocycles. The Labute approximate surface area is 201 Å². The highest BCUT2D eigenvalue weighted by atomic mass is 32.2. The average molecular weight is 498 g/mol. The van der Waals surface area contributed by atoms with Crippen LogP contribution < -0.4 is 10.1 Å². The van der Waals surface area contributed by atoms with E-state index in [9.17, 15) is 13.2 Å². The molecule has 1 amide bonds. The Morgan fingerprint density at radius 2 is 1.91 bits per heavy atom. The van der Waals surface area contributed by atoms with E-state index in [4.69, 9.17) is 4.74 Å². The molecule has 11 heteroatoms. The molecule has 2 heterocycles. The molecule has 0 atom stereocenters. The Kier molecular flexibility index (Phi) is 5.62. The first-order valence-corrected chi connectivity index (χ1v) is 12.9. The van der Waals surface area contributed by atoms with Gasteiger partial charge in [-0.15, -0.1) is 0 Å².